The molecule has 12 unspecified atom stereocenters. The van der Waals surface area contributed by atoms with Crippen molar-refractivity contribution in [1.29, 1.82) is 0 Å². The highest BCUT2D eigenvalue weighted by Gasteiger charge is 2.66. The first-order chi connectivity index (χ1) is 41.8. The molecule has 27 nitrogen and oxygen atoms in total. The van der Waals surface area contributed by atoms with Crippen molar-refractivity contribution in [2.24, 2.45) is 94.7 Å². The van der Waals surface area contributed by atoms with Crippen molar-refractivity contribution in [2.45, 2.75) is 189 Å². The number of nitrogens with zero attached hydrogens (tertiary/aromatic N) is 5. The minimum Gasteiger partial charge on any atom is -0.394 e. The Morgan fingerprint density at radius 2 is 1.40 bits per heavy atom. The summed E-state index contributed by atoms with van der Waals surface area (Å²) in [5.41, 5.74) is 37.4. The number of nitrogens with one attached hydrogen (secondary N) is 2. The number of hydrogen-bond donors (Lipinski definition) is 11. The topological polar surface area (TPSA) is 460 Å². The first-order valence-electron chi connectivity index (χ1n) is 30.6. The van der Waals surface area contributed by atoms with Gasteiger partial charge in [0.15, 0.2) is 6.23 Å². The van der Waals surface area contributed by atoms with Gasteiger partial charge in [-0.3, -0.25) is 57.6 Å². The van der Waals surface area contributed by atoms with Gasteiger partial charge in [-0.2, -0.15) is 0 Å². The standard InChI is InChI=1S/C62H90N13O14P/c1-29-20-39-40(21-30(29)2)75(28-70-39)57-52(84)53(41(27-76)87-57)89-90(85,86)88-31(3)26-69-49(83)18-19-59(8)37(22-46(66)80)56-62(11)61(10,25-48(68)82)36(14-17-45(65)79)51(74-62)33(5)55-60(9,24-47(67)81)34(12-15-43(63)77)38(71-55)23-42-58(6,7)35(13-16-44(64)78)50(72-42)32(4)54(59)73-56/h20-21,23,28,31,34-37,41,52-53,56-57,71,76,84H,12-19,22,24-27H2,1-11H3,(H2,63,77)(H2,64,78)(H2,65,79)(H2,66,80)(H2,67,81)(H2,68,82)(H,69,83)(H,85,86)/b38-23?,50-32?,55-33-/t31?,34?,35?,36?,37?,41-,52-,53-,56?,57?,59?,60?,61?,62?/m1/s1. The van der Waals surface area contributed by atoms with Gasteiger partial charge in [0.25, 0.3) is 0 Å². The highest BCUT2D eigenvalue weighted by Crippen LogP contribution is 2.63. The van der Waals surface area contributed by atoms with Crippen LogP contribution in [0.5, 0.6) is 0 Å². The number of amides is 7. The summed E-state index contributed by atoms with van der Waals surface area (Å²) >= 11 is 0. The number of aliphatic hydroxyl groups is 2. The first kappa shape index (κ1) is 68.9. The molecule has 6 aliphatic heterocycles. The Kier molecular flexibility index (Phi) is 19.6. The summed E-state index contributed by atoms with van der Waals surface area (Å²) in [5.74, 6) is -7.18. The van der Waals surface area contributed by atoms with E-state index in [1.165, 1.54) is 13.3 Å². The van der Waals surface area contributed by atoms with Crippen molar-refractivity contribution in [2.75, 3.05) is 13.2 Å². The third-order valence-corrected chi connectivity index (χ3v) is 21.7. The number of nitrogens with two attached hydrogens (primary N) is 6. The summed E-state index contributed by atoms with van der Waals surface area (Å²) < 4.78 is 32.3. The van der Waals surface area contributed by atoms with Gasteiger partial charge in [0.1, 0.15) is 18.3 Å². The number of hydrogen-bond acceptors (Lipinski definition) is 18. The number of allylic oxidation sites excluding steroid dienone is 6. The second kappa shape index (κ2) is 25.6. The summed E-state index contributed by atoms with van der Waals surface area (Å²) in [5, 5.41) is 28.2. The molecule has 7 heterocycles. The molecule has 1 aromatic carbocycles. The van der Waals surface area contributed by atoms with Gasteiger partial charge in [-0.15, -0.1) is 0 Å². The number of carbonyl (C=O) groups excluding carboxylic acids is 7. The van der Waals surface area contributed by atoms with Crippen molar-refractivity contribution in [1.82, 2.24) is 20.2 Å². The van der Waals surface area contributed by atoms with Crippen LogP contribution in [0.25, 0.3) is 11.0 Å². The molecule has 0 saturated carbocycles. The lowest BCUT2D eigenvalue weighted by Gasteiger charge is -2.48. The van der Waals surface area contributed by atoms with E-state index in [9.17, 15) is 53.2 Å². The van der Waals surface area contributed by atoms with Crippen LogP contribution in [0.2, 0.25) is 0 Å². The van der Waals surface area contributed by atoms with E-state index >= 15 is 0 Å². The molecule has 17 N–H and O–H groups in total. The predicted molar refractivity (Wildman–Crippen MR) is 334 cm³/mol. The molecule has 0 spiro atoms. The molecule has 2 aromatic rings. The number of ether oxygens (including phenoxy) is 1. The van der Waals surface area contributed by atoms with Crippen molar-refractivity contribution < 1.29 is 67.0 Å². The SMILES string of the molecule is CC1=C2N=C(C=C3N/C(=C(/C)C4=NC(C)(C5N=C1C(C)(CCC(=O)NCC(C)OP(=O)(O)O[C@@H]1[C@@H](CO)OC(n6cnc7cc(C)c(C)cc76)[C@@H]1O)C5CC(N)=O)C(C)(CC(N)=O)C4CCC(N)=O)C(C)(CC(N)=O)C3CCC(N)=O)C(C)(C)C2CCC(N)=O. The summed E-state index contributed by atoms with van der Waals surface area (Å²) in [6, 6.07) is 2.70. The Bertz CT molecular complexity index is 3540. The average molecular weight is 1270 g/mol. The lowest BCUT2D eigenvalue weighted by molar-refractivity contribution is -0.124. The minimum absolute atomic E-state index is 0.0114. The van der Waals surface area contributed by atoms with Gasteiger partial charge in [0, 0.05) is 131 Å². The summed E-state index contributed by atoms with van der Waals surface area (Å²) in [6.07, 6.45) is -4.26. The number of phosphoric acid groups is 1. The molecule has 8 rings (SSSR count). The zero-order valence-electron chi connectivity index (χ0n) is 53.3. The van der Waals surface area contributed by atoms with Crippen molar-refractivity contribution >= 4 is 77.3 Å². The smallest absolute Gasteiger partial charge is 0.394 e. The molecule has 2 fully saturated rings. The number of aliphatic hydroxyl groups excluding tert-OH is 2. The Morgan fingerprint density at radius 3 is 1.99 bits per heavy atom. The van der Waals surface area contributed by atoms with Crippen molar-refractivity contribution in [3.63, 3.8) is 0 Å². The van der Waals surface area contributed by atoms with E-state index in [-0.39, 0.29) is 77.2 Å². The van der Waals surface area contributed by atoms with Gasteiger partial charge in [-0.25, -0.2) is 9.55 Å². The molecule has 90 heavy (non-hydrogen) atoms. The second-order valence-corrected chi connectivity index (χ2v) is 28.4. The van der Waals surface area contributed by atoms with Crippen LogP contribution in [0.3, 0.4) is 0 Å². The van der Waals surface area contributed by atoms with Gasteiger partial charge in [0.05, 0.1) is 41.7 Å². The normalized spacial score (nSPS) is 32.8. The van der Waals surface area contributed by atoms with Crippen LogP contribution in [0.15, 0.2) is 67.8 Å². The molecule has 0 radical (unpaired) electrons. The van der Waals surface area contributed by atoms with E-state index in [0.717, 1.165) is 11.1 Å². The van der Waals surface area contributed by atoms with E-state index in [2.05, 4.69) is 15.6 Å². The third kappa shape index (κ3) is 13.0. The molecule has 8 bridgehead atoms. The highest BCUT2D eigenvalue weighted by atomic mass is 31.2. The molecule has 28 heteroatoms. The lowest BCUT2D eigenvalue weighted by Crippen LogP contribution is -2.56. The fourth-order valence-electron chi connectivity index (χ4n) is 15.4. The second-order valence-electron chi connectivity index (χ2n) is 27.1. The van der Waals surface area contributed by atoms with E-state index < -0.39 is 143 Å². The summed E-state index contributed by atoms with van der Waals surface area (Å²) in [7, 11) is -5.07. The van der Waals surface area contributed by atoms with Crippen molar-refractivity contribution in [3.8, 4) is 0 Å². The van der Waals surface area contributed by atoms with Crippen LogP contribution in [0.1, 0.15) is 150 Å². The number of rotatable bonds is 26. The molecule has 0 aliphatic carbocycles. The number of primary amides is 6. The molecule has 7 amide bonds. The van der Waals surface area contributed by atoms with Gasteiger partial charge < -0.3 is 69.4 Å². The molecule has 492 valence electrons. The maximum absolute atomic E-state index is 14.4. The zero-order chi connectivity index (χ0) is 66.7. The van der Waals surface area contributed by atoms with Gasteiger partial charge in [-0.05, 0) is 108 Å². The highest BCUT2D eigenvalue weighted by molar-refractivity contribution is 7.47. The minimum atomic E-state index is -5.07. The summed E-state index contributed by atoms with van der Waals surface area (Å²) in [4.78, 5) is 126. The zero-order valence-corrected chi connectivity index (χ0v) is 54.1. The van der Waals surface area contributed by atoms with Crippen LogP contribution >= 0.6 is 7.82 Å². The fraction of sp³-hybridized carbons (Fsp3) is 0.629. The van der Waals surface area contributed by atoms with Crippen LogP contribution < -0.4 is 45.0 Å². The Balaban J connectivity index is 1.19. The maximum Gasteiger partial charge on any atom is 0.472 e. The number of aryl methyl sites for hydroxylation is 2. The number of imidazole rings is 1. The molecule has 1 aromatic heterocycles. The van der Waals surface area contributed by atoms with Crippen molar-refractivity contribution in [3.05, 3.63) is 63.9 Å². The fourth-order valence-corrected chi connectivity index (χ4v) is 16.6. The summed E-state index contributed by atoms with van der Waals surface area (Å²) in [6.45, 7) is 19.3. The van der Waals surface area contributed by atoms with Crippen LogP contribution in [0, 0.1) is 59.2 Å². The maximum atomic E-state index is 14.4. The average Bonchev–Trinajstić information content (AvgIpc) is 1.53. The monoisotopic (exact) mass is 1270 g/mol. The molecule has 15 atom stereocenters. The van der Waals surface area contributed by atoms with Crippen LogP contribution in [-0.2, 0) is 51.9 Å². The lowest BCUT2D eigenvalue weighted by atomic mass is 9.55. The third-order valence-electron chi connectivity index (χ3n) is 20.6. The predicted octanol–water partition coefficient (Wildman–Crippen LogP) is 3.16. The molecular weight excluding hydrogens is 1180 g/mol. The number of aromatic nitrogens is 2. The number of phosphoric ester groups is 1. The number of benzene rings is 1. The van der Waals surface area contributed by atoms with Gasteiger partial charge in [0.2, 0.25) is 41.4 Å². The molecule has 2 saturated heterocycles. The van der Waals surface area contributed by atoms with E-state index in [1.807, 2.05) is 87.4 Å². The Hall–Kier alpha value is -7.00. The van der Waals surface area contributed by atoms with Crippen LogP contribution in [0.4, 0.5) is 0 Å². The first-order valence-corrected chi connectivity index (χ1v) is 32.1. The number of fused-ring (bicyclic) bond motifs is 7. The van der Waals surface area contributed by atoms with E-state index in [4.69, 9.17) is 63.2 Å². The number of aliphatic imine (C=N–C) groups is 3. The van der Waals surface area contributed by atoms with Crippen LogP contribution in [-0.4, -0.2) is 132 Å². The van der Waals surface area contributed by atoms with E-state index in [1.54, 1.807) is 4.57 Å². The number of carbonyl (C=O) groups is 7. The largest absolute Gasteiger partial charge is 0.472 e. The van der Waals surface area contributed by atoms with Gasteiger partial charge in [-0.1, -0.05) is 34.6 Å². The molecule has 6 aliphatic rings. The van der Waals surface area contributed by atoms with E-state index in [0.29, 0.717) is 56.4 Å². The Labute approximate surface area is 523 Å². The Morgan fingerprint density at radius 1 is 0.800 bits per heavy atom. The molecular formula is C62H90N13O14P. The quantitative estimate of drug-likeness (QED) is 0.0603. The van der Waals surface area contributed by atoms with Gasteiger partial charge >= 0.3 is 7.82 Å².